The zero-order chi connectivity index (χ0) is 12.3. The Morgan fingerprint density at radius 3 is 2.50 bits per heavy atom. The quantitative estimate of drug-likeness (QED) is 0.651. The summed E-state index contributed by atoms with van der Waals surface area (Å²) in [6.45, 7) is 3.28. The third kappa shape index (κ3) is 2.66. The number of benzene rings is 1. The summed E-state index contributed by atoms with van der Waals surface area (Å²) < 4.78 is 0. The maximum absolute atomic E-state index is 11.2. The zero-order valence-corrected chi connectivity index (χ0v) is 9.47. The second-order valence-corrected chi connectivity index (χ2v) is 3.88. The summed E-state index contributed by atoms with van der Waals surface area (Å²) in [5.41, 5.74) is 7.24. The molecule has 0 saturated heterocycles. The number of carbonyl (C=O) groups excluding carboxylic acids is 1. The molecule has 0 fully saturated rings. The van der Waals surface area contributed by atoms with Gasteiger partial charge in [-0.25, -0.2) is 0 Å². The molecule has 0 aromatic heterocycles. The van der Waals surface area contributed by atoms with E-state index in [4.69, 9.17) is 5.73 Å². The maximum Gasteiger partial charge on any atom is 0.160 e. The van der Waals surface area contributed by atoms with Crippen LogP contribution in [0.25, 0.3) is 0 Å². The predicted molar refractivity (Wildman–Crippen MR) is 61.2 cm³/mol. The van der Waals surface area contributed by atoms with Gasteiger partial charge in [-0.1, -0.05) is 18.2 Å². The molecule has 88 valence electrons. The van der Waals surface area contributed by atoms with Crippen LogP contribution in [0.4, 0.5) is 0 Å². The highest BCUT2D eigenvalue weighted by Gasteiger charge is 2.17. The van der Waals surface area contributed by atoms with Crippen LogP contribution in [0, 0.1) is 6.92 Å². The molecule has 0 saturated carbocycles. The number of ketones is 1. The van der Waals surface area contributed by atoms with Crippen LogP contribution >= 0.6 is 0 Å². The van der Waals surface area contributed by atoms with E-state index in [-0.39, 0.29) is 12.3 Å². The molecule has 4 nitrogen and oxygen atoms in total. The van der Waals surface area contributed by atoms with Crippen molar-refractivity contribution in [3.05, 3.63) is 34.9 Å². The first-order valence-electron chi connectivity index (χ1n) is 5.15. The van der Waals surface area contributed by atoms with Crippen LogP contribution in [0.2, 0.25) is 0 Å². The van der Waals surface area contributed by atoms with Crippen molar-refractivity contribution in [2.24, 2.45) is 5.73 Å². The molecule has 0 radical (unpaired) electrons. The van der Waals surface area contributed by atoms with Gasteiger partial charge in [-0.15, -0.1) is 0 Å². The number of aryl methyl sites for hydroxylation is 1. The smallest absolute Gasteiger partial charge is 0.160 e. The summed E-state index contributed by atoms with van der Waals surface area (Å²) in [7, 11) is 0. The number of aliphatic hydroxyl groups is 2. The van der Waals surface area contributed by atoms with Crippen LogP contribution in [0.5, 0.6) is 0 Å². The van der Waals surface area contributed by atoms with Crippen LogP contribution in [0.3, 0.4) is 0 Å². The Labute approximate surface area is 94.7 Å². The summed E-state index contributed by atoms with van der Waals surface area (Å²) in [5.74, 6) is -0.0158. The molecule has 4 heteroatoms. The Balaban J connectivity index is 3.01. The van der Waals surface area contributed by atoms with E-state index in [1.165, 1.54) is 6.92 Å². The molecule has 0 aliphatic heterocycles. The monoisotopic (exact) mass is 223 g/mol. The van der Waals surface area contributed by atoms with Crippen molar-refractivity contribution >= 4 is 5.78 Å². The Kier molecular flexibility index (Phi) is 4.18. The summed E-state index contributed by atoms with van der Waals surface area (Å²) in [6.07, 6.45) is -1.99. The average Bonchev–Trinajstić information content (AvgIpc) is 2.26. The first-order chi connectivity index (χ1) is 7.47. The van der Waals surface area contributed by atoms with Crippen LogP contribution in [0.1, 0.15) is 34.5 Å². The lowest BCUT2D eigenvalue weighted by atomic mass is 9.97. The van der Waals surface area contributed by atoms with Gasteiger partial charge < -0.3 is 15.9 Å². The van der Waals surface area contributed by atoms with Gasteiger partial charge in [0.1, 0.15) is 6.10 Å². The highest BCUT2D eigenvalue weighted by Crippen LogP contribution is 2.20. The van der Waals surface area contributed by atoms with E-state index < -0.39 is 12.2 Å². The lowest BCUT2D eigenvalue weighted by Crippen LogP contribution is -2.27. The molecule has 2 unspecified atom stereocenters. The Bertz CT molecular complexity index is 390. The first kappa shape index (κ1) is 12.8. The van der Waals surface area contributed by atoms with E-state index in [1.807, 2.05) is 0 Å². The van der Waals surface area contributed by atoms with Crippen LogP contribution in [-0.2, 0) is 0 Å². The molecule has 1 aromatic carbocycles. The second kappa shape index (κ2) is 5.21. The molecular weight excluding hydrogens is 206 g/mol. The summed E-state index contributed by atoms with van der Waals surface area (Å²) in [5, 5.41) is 19.1. The van der Waals surface area contributed by atoms with Crippen molar-refractivity contribution in [1.82, 2.24) is 0 Å². The summed E-state index contributed by atoms with van der Waals surface area (Å²) in [6, 6.07) is 4.98. The van der Waals surface area contributed by atoms with Crippen molar-refractivity contribution in [3.8, 4) is 0 Å². The van der Waals surface area contributed by atoms with Crippen molar-refractivity contribution in [3.63, 3.8) is 0 Å². The minimum absolute atomic E-state index is 0.00528. The Morgan fingerprint density at radius 2 is 2.06 bits per heavy atom. The number of hydrogen-bond acceptors (Lipinski definition) is 4. The molecule has 0 aliphatic carbocycles. The second-order valence-electron chi connectivity index (χ2n) is 3.88. The molecule has 0 aliphatic rings. The fraction of sp³-hybridized carbons (Fsp3) is 0.417. The van der Waals surface area contributed by atoms with Gasteiger partial charge in [0.2, 0.25) is 0 Å². The van der Waals surface area contributed by atoms with E-state index in [2.05, 4.69) is 0 Å². The molecule has 0 heterocycles. The molecule has 4 N–H and O–H groups in total. The van der Waals surface area contributed by atoms with Crippen LogP contribution < -0.4 is 5.73 Å². The number of hydrogen-bond donors (Lipinski definition) is 3. The van der Waals surface area contributed by atoms with E-state index >= 15 is 0 Å². The number of rotatable bonds is 4. The topological polar surface area (TPSA) is 83.5 Å². The van der Waals surface area contributed by atoms with Gasteiger partial charge in [0.25, 0.3) is 0 Å². The van der Waals surface area contributed by atoms with E-state index in [1.54, 1.807) is 25.1 Å². The SMILES string of the molecule is CC(=O)c1ccc(C(O)C(O)CN)cc1C. The third-order valence-electron chi connectivity index (χ3n) is 2.58. The molecule has 16 heavy (non-hydrogen) atoms. The lowest BCUT2D eigenvalue weighted by Gasteiger charge is -2.17. The maximum atomic E-state index is 11.2. The van der Waals surface area contributed by atoms with Gasteiger partial charge in [0.05, 0.1) is 6.10 Å². The first-order valence-corrected chi connectivity index (χ1v) is 5.15. The Hall–Kier alpha value is -1.23. The van der Waals surface area contributed by atoms with Crippen LogP contribution in [-0.4, -0.2) is 28.6 Å². The van der Waals surface area contributed by atoms with Crippen LogP contribution in [0.15, 0.2) is 18.2 Å². The normalized spacial score (nSPS) is 14.6. The number of aliphatic hydroxyl groups excluding tert-OH is 2. The lowest BCUT2D eigenvalue weighted by molar-refractivity contribution is 0.0243. The fourth-order valence-electron chi connectivity index (χ4n) is 1.62. The van der Waals surface area contributed by atoms with Gasteiger partial charge >= 0.3 is 0 Å². The Morgan fingerprint density at radius 1 is 1.44 bits per heavy atom. The largest absolute Gasteiger partial charge is 0.389 e. The van der Waals surface area contributed by atoms with Gasteiger partial charge in [0.15, 0.2) is 5.78 Å². The van der Waals surface area contributed by atoms with Gasteiger partial charge in [-0.05, 0) is 25.0 Å². The van der Waals surface area contributed by atoms with E-state index in [0.717, 1.165) is 5.56 Å². The molecular formula is C12H17NO3. The molecule has 0 bridgehead atoms. The minimum atomic E-state index is -1.01. The third-order valence-corrected chi connectivity index (χ3v) is 2.58. The predicted octanol–water partition coefficient (Wildman–Crippen LogP) is 0.551. The highest BCUT2D eigenvalue weighted by molar-refractivity contribution is 5.95. The van der Waals surface area contributed by atoms with Crippen molar-refractivity contribution in [2.75, 3.05) is 6.54 Å². The molecule has 2 atom stereocenters. The fourth-order valence-corrected chi connectivity index (χ4v) is 1.62. The van der Waals surface area contributed by atoms with Crippen molar-refractivity contribution in [2.45, 2.75) is 26.1 Å². The standard InChI is InChI=1S/C12H17NO3/c1-7-5-9(12(16)11(15)6-13)3-4-10(7)8(2)14/h3-5,11-12,15-16H,6,13H2,1-2H3. The van der Waals surface area contributed by atoms with Gasteiger partial charge in [0, 0.05) is 12.1 Å². The minimum Gasteiger partial charge on any atom is -0.389 e. The highest BCUT2D eigenvalue weighted by atomic mass is 16.3. The van der Waals surface area contributed by atoms with Crippen molar-refractivity contribution in [1.29, 1.82) is 0 Å². The zero-order valence-electron chi connectivity index (χ0n) is 9.47. The molecule has 1 aromatic rings. The number of Topliss-reactive ketones (excluding diaryl/α,β-unsaturated/α-hetero) is 1. The number of carbonyl (C=O) groups is 1. The van der Waals surface area contributed by atoms with Gasteiger partial charge in [-0.3, -0.25) is 4.79 Å². The molecule has 1 rings (SSSR count). The summed E-state index contributed by atoms with van der Waals surface area (Å²) in [4.78, 5) is 11.2. The average molecular weight is 223 g/mol. The van der Waals surface area contributed by atoms with E-state index in [9.17, 15) is 15.0 Å². The van der Waals surface area contributed by atoms with Gasteiger partial charge in [-0.2, -0.15) is 0 Å². The van der Waals surface area contributed by atoms with Crippen molar-refractivity contribution < 1.29 is 15.0 Å². The molecule has 0 spiro atoms. The number of nitrogens with two attached hydrogens (primary N) is 1. The van der Waals surface area contributed by atoms with E-state index in [0.29, 0.717) is 11.1 Å². The molecule has 0 amide bonds. The summed E-state index contributed by atoms with van der Waals surface area (Å²) >= 11 is 0.